The maximum Gasteiger partial charge on any atom is 0.246 e. The van der Waals surface area contributed by atoms with Crippen molar-refractivity contribution in [3.05, 3.63) is 17.6 Å². The van der Waals surface area contributed by atoms with Gasteiger partial charge in [0.1, 0.15) is 11.6 Å². The number of nitrogens with one attached hydrogen (secondary N) is 2. The van der Waals surface area contributed by atoms with Gasteiger partial charge in [-0.2, -0.15) is 0 Å². The van der Waals surface area contributed by atoms with Gasteiger partial charge in [-0.15, -0.1) is 0 Å². The van der Waals surface area contributed by atoms with E-state index in [0.29, 0.717) is 18.2 Å². The summed E-state index contributed by atoms with van der Waals surface area (Å²) in [6, 6.07) is 1.71. The summed E-state index contributed by atoms with van der Waals surface area (Å²) in [6.45, 7) is 5.76. The van der Waals surface area contributed by atoms with Crippen LogP contribution in [0.2, 0.25) is 0 Å². The normalized spacial score (nSPS) is 18.8. The third-order valence-electron chi connectivity index (χ3n) is 3.31. The van der Waals surface area contributed by atoms with Gasteiger partial charge in [0.25, 0.3) is 0 Å². The second-order valence-electron chi connectivity index (χ2n) is 5.25. The first-order chi connectivity index (χ1) is 9.32. The van der Waals surface area contributed by atoms with Crippen LogP contribution in [0, 0.1) is 6.92 Å². The van der Waals surface area contributed by atoms with E-state index >= 15 is 0 Å². The van der Waals surface area contributed by atoms with Crippen molar-refractivity contribution < 1.29 is 9.59 Å². The molecule has 0 spiro atoms. The van der Waals surface area contributed by atoms with E-state index < -0.39 is 5.54 Å². The number of imide groups is 1. The number of piperazine rings is 1. The van der Waals surface area contributed by atoms with Crippen LogP contribution < -0.4 is 16.6 Å². The lowest BCUT2D eigenvalue weighted by Crippen LogP contribution is -2.63. The van der Waals surface area contributed by atoms with E-state index in [-0.39, 0.29) is 18.4 Å². The molecule has 1 fully saturated rings. The van der Waals surface area contributed by atoms with Crippen molar-refractivity contribution in [1.29, 1.82) is 0 Å². The molecule has 2 heterocycles. The van der Waals surface area contributed by atoms with Crippen LogP contribution in [-0.2, 0) is 16.1 Å². The molecule has 8 nitrogen and oxygen atoms in total. The minimum absolute atomic E-state index is 0.126. The number of aromatic nitrogens is 2. The van der Waals surface area contributed by atoms with E-state index in [1.54, 1.807) is 24.8 Å². The Morgan fingerprint density at radius 3 is 2.80 bits per heavy atom. The molecule has 0 unspecified atom stereocenters. The Bertz CT molecular complexity index is 557. The average molecular weight is 278 g/mol. The van der Waals surface area contributed by atoms with Crippen LogP contribution in [0.15, 0.2) is 6.07 Å². The standard InChI is InChI=1S/C12H18N6O2/c1-7-4-8(17-13)15-9(14-7)5-18-6-10(19)16-11(20)12(18,2)3/h4H,5-6,13H2,1-3H3,(H,14,15,17)(H,16,19,20). The molecular weight excluding hydrogens is 260 g/mol. The molecule has 0 atom stereocenters. The summed E-state index contributed by atoms with van der Waals surface area (Å²) in [6.07, 6.45) is 0. The SMILES string of the molecule is Cc1cc(NN)nc(CN2CC(=O)NC(=O)C2(C)C)n1. The van der Waals surface area contributed by atoms with E-state index in [2.05, 4.69) is 20.7 Å². The molecule has 8 heteroatoms. The third kappa shape index (κ3) is 2.75. The number of hydrazine groups is 1. The second kappa shape index (κ2) is 5.14. The van der Waals surface area contributed by atoms with E-state index in [1.807, 2.05) is 6.92 Å². The Labute approximate surface area is 116 Å². The van der Waals surface area contributed by atoms with Crippen LogP contribution in [0.25, 0.3) is 0 Å². The first-order valence-corrected chi connectivity index (χ1v) is 6.23. The van der Waals surface area contributed by atoms with E-state index in [0.717, 1.165) is 5.69 Å². The molecule has 1 aliphatic heterocycles. The Balaban J connectivity index is 2.25. The lowest BCUT2D eigenvalue weighted by Gasteiger charge is -2.39. The van der Waals surface area contributed by atoms with Gasteiger partial charge >= 0.3 is 0 Å². The summed E-state index contributed by atoms with van der Waals surface area (Å²) >= 11 is 0. The first-order valence-electron chi connectivity index (χ1n) is 6.23. The number of aryl methyl sites for hydroxylation is 1. The molecule has 2 rings (SSSR count). The Hall–Kier alpha value is -2.06. The highest BCUT2D eigenvalue weighted by atomic mass is 16.2. The van der Waals surface area contributed by atoms with Crippen molar-refractivity contribution in [1.82, 2.24) is 20.2 Å². The van der Waals surface area contributed by atoms with Crippen molar-refractivity contribution >= 4 is 17.6 Å². The molecule has 2 amide bonds. The van der Waals surface area contributed by atoms with Gasteiger partial charge in [0, 0.05) is 11.8 Å². The zero-order valence-electron chi connectivity index (χ0n) is 11.7. The molecule has 1 aromatic heterocycles. The number of nitrogens with two attached hydrogens (primary N) is 1. The summed E-state index contributed by atoms with van der Waals surface area (Å²) in [5, 5.41) is 2.33. The van der Waals surface area contributed by atoms with Gasteiger partial charge in [-0.05, 0) is 20.8 Å². The van der Waals surface area contributed by atoms with Gasteiger partial charge in [-0.3, -0.25) is 19.8 Å². The molecule has 1 aromatic rings. The number of nitrogen functional groups attached to an aromatic ring is 1. The maximum atomic E-state index is 11.9. The Morgan fingerprint density at radius 2 is 2.15 bits per heavy atom. The van der Waals surface area contributed by atoms with Crippen LogP contribution >= 0.6 is 0 Å². The van der Waals surface area contributed by atoms with Crippen molar-refractivity contribution in [3.8, 4) is 0 Å². The fraction of sp³-hybridized carbons (Fsp3) is 0.500. The quantitative estimate of drug-likeness (QED) is 0.381. The van der Waals surface area contributed by atoms with Gasteiger partial charge in [-0.25, -0.2) is 15.8 Å². The number of rotatable bonds is 3. The predicted octanol–water partition coefficient (Wildman–Crippen LogP) is -0.692. The van der Waals surface area contributed by atoms with Gasteiger partial charge in [0.05, 0.1) is 18.6 Å². The van der Waals surface area contributed by atoms with E-state index in [9.17, 15) is 9.59 Å². The highest BCUT2D eigenvalue weighted by Crippen LogP contribution is 2.20. The molecule has 4 N–H and O–H groups in total. The van der Waals surface area contributed by atoms with E-state index in [1.165, 1.54) is 0 Å². The largest absolute Gasteiger partial charge is 0.308 e. The van der Waals surface area contributed by atoms with Crippen molar-refractivity contribution in [3.63, 3.8) is 0 Å². The fourth-order valence-electron chi connectivity index (χ4n) is 2.03. The summed E-state index contributed by atoms with van der Waals surface area (Å²) in [4.78, 5) is 33.6. The molecule has 0 saturated carbocycles. The topological polar surface area (TPSA) is 113 Å². The lowest BCUT2D eigenvalue weighted by atomic mass is 9.99. The minimum Gasteiger partial charge on any atom is -0.308 e. The zero-order chi connectivity index (χ0) is 14.9. The lowest BCUT2D eigenvalue weighted by molar-refractivity contribution is -0.145. The van der Waals surface area contributed by atoms with Crippen molar-refractivity contribution in [2.24, 2.45) is 5.84 Å². The van der Waals surface area contributed by atoms with Crippen LogP contribution in [0.1, 0.15) is 25.4 Å². The molecule has 20 heavy (non-hydrogen) atoms. The highest BCUT2D eigenvalue weighted by Gasteiger charge is 2.41. The monoisotopic (exact) mass is 278 g/mol. The molecule has 0 radical (unpaired) electrons. The number of carbonyl (C=O) groups excluding carboxylic acids is 2. The fourth-order valence-corrected chi connectivity index (χ4v) is 2.03. The van der Waals surface area contributed by atoms with E-state index in [4.69, 9.17) is 5.84 Å². The molecular formula is C12H18N6O2. The maximum absolute atomic E-state index is 11.9. The number of hydrogen-bond acceptors (Lipinski definition) is 7. The van der Waals surface area contributed by atoms with Gasteiger partial charge in [0.2, 0.25) is 11.8 Å². The van der Waals surface area contributed by atoms with Gasteiger partial charge in [0.15, 0.2) is 0 Å². The molecule has 1 aliphatic rings. The molecule has 108 valence electrons. The van der Waals surface area contributed by atoms with Crippen LogP contribution in [0.5, 0.6) is 0 Å². The van der Waals surface area contributed by atoms with Crippen LogP contribution in [-0.4, -0.2) is 38.8 Å². The second-order valence-corrected chi connectivity index (χ2v) is 5.25. The summed E-state index contributed by atoms with van der Waals surface area (Å²) < 4.78 is 0. The number of amides is 2. The summed E-state index contributed by atoms with van der Waals surface area (Å²) in [5.74, 6) is 5.71. The van der Waals surface area contributed by atoms with Gasteiger partial charge < -0.3 is 5.43 Å². The smallest absolute Gasteiger partial charge is 0.246 e. The Kier molecular flexibility index (Phi) is 3.69. The zero-order valence-corrected chi connectivity index (χ0v) is 11.7. The average Bonchev–Trinajstić information content (AvgIpc) is 2.35. The number of nitrogens with zero attached hydrogens (tertiary/aromatic N) is 3. The summed E-state index contributed by atoms with van der Waals surface area (Å²) in [5.41, 5.74) is 2.43. The number of carbonyl (C=O) groups is 2. The molecule has 0 aromatic carbocycles. The number of hydrogen-bond donors (Lipinski definition) is 3. The van der Waals surface area contributed by atoms with Crippen LogP contribution in [0.4, 0.5) is 5.82 Å². The predicted molar refractivity (Wildman–Crippen MR) is 72.2 cm³/mol. The first kappa shape index (κ1) is 14.4. The highest BCUT2D eigenvalue weighted by molar-refractivity contribution is 6.02. The molecule has 1 saturated heterocycles. The van der Waals surface area contributed by atoms with Crippen LogP contribution in [0.3, 0.4) is 0 Å². The molecule has 0 aliphatic carbocycles. The summed E-state index contributed by atoms with van der Waals surface area (Å²) in [7, 11) is 0. The minimum atomic E-state index is -0.794. The third-order valence-corrected chi connectivity index (χ3v) is 3.31. The molecule has 0 bridgehead atoms. The Morgan fingerprint density at radius 1 is 1.45 bits per heavy atom. The van der Waals surface area contributed by atoms with Gasteiger partial charge in [-0.1, -0.05) is 0 Å². The van der Waals surface area contributed by atoms with Crippen molar-refractivity contribution in [2.45, 2.75) is 32.9 Å². The van der Waals surface area contributed by atoms with Crippen molar-refractivity contribution in [2.75, 3.05) is 12.0 Å². The number of anilines is 1.